The van der Waals surface area contributed by atoms with Crippen LogP contribution in [0.3, 0.4) is 0 Å². The SMILES string of the molecule is Cc1cc(C(C)(C)C)ccc1NCC(N)CC(=O)O. The van der Waals surface area contributed by atoms with Crippen LogP contribution in [-0.2, 0) is 10.2 Å². The molecule has 0 saturated heterocycles. The molecule has 0 aliphatic rings. The van der Waals surface area contributed by atoms with E-state index in [2.05, 4.69) is 38.2 Å². The smallest absolute Gasteiger partial charge is 0.304 e. The Morgan fingerprint density at radius 1 is 1.42 bits per heavy atom. The number of carboxylic acids is 1. The number of aliphatic carboxylic acids is 1. The number of hydrogen-bond acceptors (Lipinski definition) is 3. The molecule has 0 aliphatic carbocycles. The molecule has 0 fully saturated rings. The summed E-state index contributed by atoms with van der Waals surface area (Å²) in [5, 5.41) is 11.9. The van der Waals surface area contributed by atoms with E-state index in [-0.39, 0.29) is 17.9 Å². The molecule has 4 nitrogen and oxygen atoms in total. The van der Waals surface area contributed by atoms with Gasteiger partial charge in [0.25, 0.3) is 0 Å². The van der Waals surface area contributed by atoms with Crippen LogP contribution < -0.4 is 11.1 Å². The molecule has 1 aromatic rings. The van der Waals surface area contributed by atoms with Gasteiger partial charge in [0.05, 0.1) is 6.42 Å². The van der Waals surface area contributed by atoms with Crippen molar-refractivity contribution in [3.05, 3.63) is 29.3 Å². The number of rotatable bonds is 5. The van der Waals surface area contributed by atoms with Gasteiger partial charge in [0, 0.05) is 18.3 Å². The number of hydrogen-bond donors (Lipinski definition) is 3. The van der Waals surface area contributed by atoms with Gasteiger partial charge in [-0.2, -0.15) is 0 Å². The summed E-state index contributed by atoms with van der Waals surface area (Å²) in [6, 6.07) is 5.91. The van der Waals surface area contributed by atoms with E-state index < -0.39 is 5.97 Å². The highest BCUT2D eigenvalue weighted by atomic mass is 16.4. The molecule has 4 N–H and O–H groups in total. The van der Waals surface area contributed by atoms with Crippen molar-refractivity contribution < 1.29 is 9.90 Å². The number of carbonyl (C=O) groups is 1. The lowest BCUT2D eigenvalue weighted by atomic mass is 9.86. The summed E-state index contributed by atoms with van der Waals surface area (Å²) in [6.07, 6.45) is -0.0217. The van der Waals surface area contributed by atoms with Crippen molar-refractivity contribution in [3.63, 3.8) is 0 Å². The highest BCUT2D eigenvalue weighted by Crippen LogP contribution is 2.26. The van der Waals surface area contributed by atoms with Gasteiger partial charge in [-0.25, -0.2) is 0 Å². The predicted molar refractivity (Wildman–Crippen MR) is 78.6 cm³/mol. The van der Waals surface area contributed by atoms with E-state index in [9.17, 15) is 4.79 Å². The molecule has 1 unspecified atom stereocenters. The molecule has 1 rings (SSSR count). The molecule has 0 aromatic heterocycles. The number of nitrogens with one attached hydrogen (secondary N) is 1. The molecule has 4 heteroatoms. The lowest BCUT2D eigenvalue weighted by molar-refractivity contribution is -0.137. The van der Waals surface area contributed by atoms with Gasteiger partial charge < -0.3 is 16.2 Å². The zero-order valence-corrected chi connectivity index (χ0v) is 12.2. The van der Waals surface area contributed by atoms with Gasteiger partial charge in [-0.3, -0.25) is 4.79 Å². The number of aryl methyl sites for hydroxylation is 1. The maximum Gasteiger partial charge on any atom is 0.304 e. The van der Waals surface area contributed by atoms with E-state index in [1.165, 1.54) is 5.56 Å². The van der Waals surface area contributed by atoms with Gasteiger partial charge in [0.15, 0.2) is 0 Å². The van der Waals surface area contributed by atoms with Crippen LogP contribution in [0.5, 0.6) is 0 Å². The Labute approximate surface area is 115 Å². The van der Waals surface area contributed by atoms with Crippen LogP contribution in [0.1, 0.15) is 38.3 Å². The molecule has 0 aliphatic heterocycles. The first-order valence-electron chi connectivity index (χ1n) is 6.52. The van der Waals surface area contributed by atoms with Gasteiger partial charge in [0.2, 0.25) is 0 Å². The average Bonchev–Trinajstić information content (AvgIpc) is 2.25. The molecule has 1 aromatic carbocycles. The van der Waals surface area contributed by atoms with Crippen molar-refractivity contribution in [3.8, 4) is 0 Å². The molecular weight excluding hydrogens is 240 g/mol. The van der Waals surface area contributed by atoms with E-state index in [4.69, 9.17) is 10.8 Å². The minimum Gasteiger partial charge on any atom is -0.481 e. The number of carboxylic acid groups (broad SMARTS) is 1. The number of anilines is 1. The van der Waals surface area contributed by atoms with Gasteiger partial charge in [-0.05, 0) is 29.5 Å². The monoisotopic (exact) mass is 264 g/mol. The summed E-state index contributed by atoms with van der Waals surface area (Å²) < 4.78 is 0. The Morgan fingerprint density at radius 2 is 2.05 bits per heavy atom. The van der Waals surface area contributed by atoms with Crippen LogP contribution >= 0.6 is 0 Å². The van der Waals surface area contributed by atoms with Crippen molar-refractivity contribution in [1.29, 1.82) is 0 Å². The second kappa shape index (κ2) is 6.06. The molecule has 0 spiro atoms. The highest BCUT2D eigenvalue weighted by molar-refractivity contribution is 5.67. The quantitative estimate of drug-likeness (QED) is 0.764. The van der Waals surface area contributed by atoms with Crippen LogP contribution in [0.4, 0.5) is 5.69 Å². The van der Waals surface area contributed by atoms with Crippen molar-refractivity contribution in [2.24, 2.45) is 5.73 Å². The summed E-state index contributed by atoms with van der Waals surface area (Å²) in [5.74, 6) is -0.867. The standard InChI is InChI=1S/C15H24N2O2/c1-10-7-11(15(2,3)4)5-6-13(10)17-9-12(16)8-14(18)19/h5-7,12,17H,8-9,16H2,1-4H3,(H,18,19). The largest absolute Gasteiger partial charge is 0.481 e. The minimum absolute atomic E-state index is 0.0217. The Hall–Kier alpha value is -1.55. The maximum atomic E-state index is 10.5. The lowest BCUT2D eigenvalue weighted by Crippen LogP contribution is -2.31. The van der Waals surface area contributed by atoms with Crippen molar-refractivity contribution in [2.45, 2.75) is 45.6 Å². The number of nitrogens with two attached hydrogens (primary N) is 1. The Morgan fingerprint density at radius 3 is 2.53 bits per heavy atom. The second-order valence-electron chi connectivity index (χ2n) is 6.02. The minimum atomic E-state index is -0.867. The second-order valence-corrected chi connectivity index (χ2v) is 6.02. The van der Waals surface area contributed by atoms with Crippen LogP contribution in [0.2, 0.25) is 0 Å². The molecule has 0 bridgehead atoms. The fourth-order valence-electron chi connectivity index (χ4n) is 1.87. The lowest BCUT2D eigenvalue weighted by Gasteiger charge is -2.21. The van der Waals surface area contributed by atoms with Crippen molar-refractivity contribution in [1.82, 2.24) is 0 Å². The van der Waals surface area contributed by atoms with Gasteiger partial charge in [-0.1, -0.05) is 32.9 Å². The van der Waals surface area contributed by atoms with E-state index >= 15 is 0 Å². The van der Waals surface area contributed by atoms with Gasteiger partial charge in [0.1, 0.15) is 0 Å². The molecule has 0 heterocycles. The Balaban J connectivity index is 2.68. The van der Waals surface area contributed by atoms with Crippen LogP contribution in [0.25, 0.3) is 0 Å². The van der Waals surface area contributed by atoms with Crippen molar-refractivity contribution >= 4 is 11.7 Å². The van der Waals surface area contributed by atoms with Crippen LogP contribution in [0, 0.1) is 6.92 Å². The third-order valence-electron chi connectivity index (χ3n) is 3.08. The van der Waals surface area contributed by atoms with E-state index in [1.54, 1.807) is 0 Å². The Kier molecular flexibility index (Phi) is 4.95. The molecule has 1 atom stereocenters. The number of benzene rings is 1. The summed E-state index contributed by atoms with van der Waals surface area (Å²) >= 11 is 0. The van der Waals surface area contributed by atoms with Crippen molar-refractivity contribution in [2.75, 3.05) is 11.9 Å². The molecular formula is C15H24N2O2. The van der Waals surface area contributed by atoms with E-state index in [0.717, 1.165) is 11.3 Å². The zero-order chi connectivity index (χ0) is 14.6. The molecule has 0 saturated carbocycles. The first-order valence-corrected chi connectivity index (χ1v) is 6.52. The fraction of sp³-hybridized carbons (Fsp3) is 0.533. The average molecular weight is 264 g/mol. The third-order valence-corrected chi connectivity index (χ3v) is 3.08. The summed E-state index contributed by atoms with van der Waals surface area (Å²) in [6.45, 7) is 9.04. The first-order chi connectivity index (χ1) is 8.70. The summed E-state index contributed by atoms with van der Waals surface area (Å²) in [7, 11) is 0. The topological polar surface area (TPSA) is 75.3 Å². The van der Waals surface area contributed by atoms with Gasteiger partial charge >= 0.3 is 5.97 Å². The van der Waals surface area contributed by atoms with Gasteiger partial charge in [-0.15, -0.1) is 0 Å². The molecule has 106 valence electrons. The molecule has 0 amide bonds. The summed E-state index contributed by atoms with van der Waals surface area (Å²) in [4.78, 5) is 10.5. The van der Waals surface area contributed by atoms with E-state index in [1.807, 2.05) is 13.0 Å². The molecule has 0 radical (unpaired) electrons. The fourth-order valence-corrected chi connectivity index (χ4v) is 1.87. The maximum absolute atomic E-state index is 10.5. The first kappa shape index (κ1) is 15.5. The normalized spacial score (nSPS) is 13.1. The Bertz CT molecular complexity index is 450. The van der Waals surface area contributed by atoms with Crippen LogP contribution in [0.15, 0.2) is 18.2 Å². The zero-order valence-electron chi connectivity index (χ0n) is 12.2. The van der Waals surface area contributed by atoms with Crippen LogP contribution in [-0.4, -0.2) is 23.7 Å². The summed E-state index contributed by atoms with van der Waals surface area (Å²) in [5.41, 5.74) is 9.30. The molecule has 19 heavy (non-hydrogen) atoms. The van der Waals surface area contributed by atoms with E-state index in [0.29, 0.717) is 6.54 Å². The predicted octanol–water partition coefficient (Wildman–Crippen LogP) is 2.51. The third kappa shape index (κ3) is 4.91. The highest BCUT2D eigenvalue weighted by Gasteiger charge is 2.14.